The highest BCUT2D eigenvalue weighted by molar-refractivity contribution is 7.89. The first-order valence-corrected chi connectivity index (χ1v) is 10.7. The molecule has 0 aliphatic rings. The summed E-state index contributed by atoms with van der Waals surface area (Å²) in [7, 11) is -3.19. The van der Waals surface area contributed by atoms with Crippen molar-refractivity contribution in [3.63, 3.8) is 0 Å². The van der Waals surface area contributed by atoms with Crippen molar-refractivity contribution in [3.05, 3.63) is 60.4 Å². The molecule has 0 bridgehead atoms. The van der Waals surface area contributed by atoms with Crippen LogP contribution in [0.5, 0.6) is 5.75 Å². The topological polar surface area (TPSA) is 94.1 Å². The van der Waals surface area contributed by atoms with Gasteiger partial charge in [0.1, 0.15) is 12.1 Å². The first-order chi connectivity index (χ1) is 14.1. The highest BCUT2D eigenvalue weighted by atomic mass is 32.2. The van der Waals surface area contributed by atoms with Crippen molar-refractivity contribution < 1.29 is 26.3 Å². The number of ether oxygens (including phenoxy) is 1. The lowest BCUT2D eigenvalue weighted by Gasteiger charge is -2.13. The van der Waals surface area contributed by atoms with Gasteiger partial charge in [-0.2, -0.15) is 18.2 Å². The molecule has 3 rings (SSSR count). The van der Waals surface area contributed by atoms with E-state index in [-0.39, 0.29) is 28.8 Å². The molecule has 0 saturated carbocycles. The standard InChI is InChI=1S/C19H17F3N4O3S/c1-30(27,28)10-13-5-4-6-14(9-13)25-18-24-12-23-17(26-18)15-7-2-3-8-16(15)29-11-19(20,21)22/h2-9,12H,10-11H2,1H3,(H,23,24,25,26). The zero-order valence-electron chi connectivity index (χ0n) is 15.7. The number of hydrogen-bond donors (Lipinski definition) is 1. The Bertz CT molecular complexity index is 1140. The first-order valence-electron chi connectivity index (χ1n) is 8.61. The average molecular weight is 438 g/mol. The van der Waals surface area contributed by atoms with E-state index in [4.69, 9.17) is 4.74 Å². The van der Waals surface area contributed by atoms with Crippen LogP contribution in [0.4, 0.5) is 24.8 Å². The maximum atomic E-state index is 12.5. The molecular formula is C19H17F3N4O3S. The van der Waals surface area contributed by atoms with Crippen LogP contribution >= 0.6 is 0 Å². The molecule has 1 N–H and O–H groups in total. The molecule has 3 aromatic rings. The third kappa shape index (κ3) is 6.41. The van der Waals surface area contributed by atoms with E-state index in [1.165, 1.54) is 18.5 Å². The van der Waals surface area contributed by atoms with Gasteiger partial charge in [0.05, 0.1) is 11.3 Å². The lowest BCUT2D eigenvalue weighted by atomic mass is 10.2. The molecule has 0 amide bonds. The number of rotatable bonds is 7. The SMILES string of the molecule is CS(=O)(=O)Cc1cccc(Nc2ncnc(-c3ccccc3OCC(F)(F)F)n2)c1. The monoisotopic (exact) mass is 438 g/mol. The van der Waals surface area contributed by atoms with Crippen LogP contribution in [0, 0.1) is 0 Å². The highest BCUT2D eigenvalue weighted by Crippen LogP contribution is 2.29. The smallest absolute Gasteiger partial charge is 0.422 e. The van der Waals surface area contributed by atoms with Crippen LogP contribution in [0.2, 0.25) is 0 Å². The van der Waals surface area contributed by atoms with Gasteiger partial charge in [-0.1, -0.05) is 24.3 Å². The Hall–Kier alpha value is -3.21. The number of alkyl halides is 3. The van der Waals surface area contributed by atoms with Gasteiger partial charge in [-0.3, -0.25) is 0 Å². The second kappa shape index (κ2) is 8.66. The molecule has 0 unspecified atom stereocenters. The first kappa shape index (κ1) is 21.5. The molecule has 0 atom stereocenters. The molecule has 11 heteroatoms. The van der Waals surface area contributed by atoms with Gasteiger partial charge >= 0.3 is 6.18 Å². The molecule has 0 aliphatic heterocycles. The number of anilines is 2. The van der Waals surface area contributed by atoms with E-state index in [2.05, 4.69) is 20.3 Å². The number of para-hydroxylation sites is 1. The quantitative estimate of drug-likeness (QED) is 0.600. The van der Waals surface area contributed by atoms with Crippen LogP contribution in [0.1, 0.15) is 5.56 Å². The van der Waals surface area contributed by atoms with Gasteiger partial charge in [-0.15, -0.1) is 0 Å². The highest BCUT2D eigenvalue weighted by Gasteiger charge is 2.29. The Labute approximate surface area is 170 Å². The molecule has 7 nitrogen and oxygen atoms in total. The minimum atomic E-state index is -4.48. The van der Waals surface area contributed by atoms with Gasteiger partial charge in [-0.05, 0) is 29.8 Å². The molecule has 0 aliphatic carbocycles. The largest absolute Gasteiger partial charge is 0.483 e. The molecule has 0 spiro atoms. The van der Waals surface area contributed by atoms with Gasteiger partial charge in [0.15, 0.2) is 22.3 Å². The summed E-state index contributed by atoms with van der Waals surface area (Å²) in [6.07, 6.45) is -2.12. The third-order valence-electron chi connectivity index (χ3n) is 3.70. The maximum absolute atomic E-state index is 12.5. The fourth-order valence-electron chi connectivity index (χ4n) is 2.59. The van der Waals surface area contributed by atoms with Crippen molar-refractivity contribution >= 4 is 21.5 Å². The predicted octanol–water partition coefficient (Wildman–Crippen LogP) is 3.77. The molecule has 2 aromatic carbocycles. The number of aromatic nitrogens is 3. The predicted molar refractivity (Wildman–Crippen MR) is 105 cm³/mol. The van der Waals surface area contributed by atoms with Crippen molar-refractivity contribution in [2.24, 2.45) is 0 Å². The molecule has 1 aromatic heterocycles. The normalized spacial score (nSPS) is 11.9. The van der Waals surface area contributed by atoms with Crippen LogP contribution < -0.4 is 10.1 Å². The second-order valence-corrected chi connectivity index (χ2v) is 8.57. The Kier molecular flexibility index (Phi) is 6.20. The lowest BCUT2D eigenvalue weighted by Crippen LogP contribution is -2.19. The summed E-state index contributed by atoms with van der Waals surface area (Å²) in [5.74, 6) is 0.136. The number of nitrogens with zero attached hydrogens (tertiary/aromatic N) is 3. The van der Waals surface area contributed by atoms with Gasteiger partial charge in [0.25, 0.3) is 0 Å². The number of halogens is 3. The fourth-order valence-corrected chi connectivity index (χ4v) is 3.38. The second-order valence-electron chi connectivity index (χ2n) is 6.43. The van der Waals surface area contributed by atoms with Crippen molar-refractivity contribution in [2.45, 2.75) is 11.9 Å². The zero-order valence-corrected chi connectivity index (χ0v) is 16.5. The number of benzene rings is 2. The van der Waals surface area contributed by atoms with Crippen LogP contribution in [0.3, 0.4) is 0 Å². The van der Waals surface area contributed by atoms with E-state index < -0.39 is 22.6 Å². The van der Waals surface area contributed by atoms with E-state index in [1.54, 1.807) is 36.4 Å². The van der Waals surface area contributed by atoms with Crippen LogP contribution in [0.15, 0.2) is 54.9 Å². The summed E-state index contributed by atoms with van der Waals surface area (Å²) in [5, 5.41) is 2.94. The fraction of sp³-hybridized carbons (Fsp3) is 0.211. The summed E-state index contributed by atoms with van der Waals surface area (Å²) in [6, 6.07) is 12.8. The minimum absolute atomic E-state index is 0.0119. The molecule has 0 fully saturated rings. The van der Waals surface area contributed by atoms with Gasteiger partial charge in [-0.25, -0.2) is 18.4 Å². The van der Waals surface area contributed by atoms with Gasteiger partial charge < -0.3 is 10.1 Å². The molecule has 0 radical (unpaired) electrons. The lowest BCUT2D eigenvalue weighted by molar-refractivity contribution is -0.153. The molecule has 0 saturated heterocycles. The summed E-state index contributed by atoms with van der Waals surface area (Å²) < 4.78 is 65.4. The van der Waals surface area contributed by atoms with Crippen molar-refractivity contribution in [3.8, 4) is 17.1 Å². The summed E-state index contributed by atoms with van der Waals surface area (Å²) >= 11 is 0. The molecule has 1 heterocycles. The average Bonchev–Trinajstić information content (AvgIpc) is 2.65. The summed E-state index contributed by atoms with van der Waals surface area (Å²) in [6.45, 7) is -1.44. The number of nitrogens with one attached hydrogen (secondary N) is 1. The van der Waals surface area contributed by atoms with Crippen molar-refractivity contribution in [1.82, 2.24) is 15.0 Å². The zero-order chi connectivity index (χ0) is 21.8. The van der Waals surface area contributed by atoms with Crippen molar-refractivity contribution in [2.75, 3.05) is 18.2 Å². The Morgan fingerprint density at radius 2 is 1.83 bits per heavy atom. The van der Waals surface area contributed by atoms with Crippen LogP contribution in [0.25, 0.3) is 11.4 Å². The summed E-state index contributed by atoms with van der Waals surface area (Å²) in [5.41, 5.74) is 1.41. The third-order valence-corrected chi connectivity index (χ3v) is 4.56. The van der Waals surface area contributed by atoms with E-state index in [9.17, 15) is 21.6 Å². The van der Waals surface area contributed by atoms with Crippen molar-refractivity contribution in [1.29, 1.82) is 0 Å². The maximum Gasteiger partial charge on any atom is 0.422 e. The van der Waals surface area contributed by atoms with E-state index in [0.29, 0.717) is 11.3 Å². The van der Waals surface area contributed by atoms with E-state index in [0.717, 1.165) is 6.26 Å². The number of sulfone groups is 1. The molecule has 158 valence electrons. The van der Waals surface area contributed by atoms with Gasteiger partial charge in [0, 0.05) is 11.9 Å². The van der Waals surface area contributed by atoms with E-state index in [1.807, 2.05) is 0 Å². The van der Waals surface area contributed by atoms with Crippen LogP contribution in [-0.2, 0) is 15.6 Å². The summed E-state index contributed by atoms with van der Waals surface area (Å²) in [4.78, 5) is 12.3. The Morgan fingerprint density at radius 3 is 2.57 bits per heavy atom. The minimum Gasteiger partial charge on any atom is -0.483 e. The Balaban J connectivity index is 1.84. The van der Waals surface area contributed by atoms with Gasteiger partial charge in [0.2, 0.25) is 5.95 Å². The molecule has 30 heavy (non-hydrogen) atoms. The Morgan fingerprint density at radius 1 is 1.07 bits per heavy atom. The molecular weight excluding hydrogens is 421 g/mol. The van der Waals surface area contributed by atoms with E-state index >= 15 is 0 Å². The van der Waals surface area contributed by atoms with Crippen LogP contribution in [-0.4, -0.2) is 42.4 Å². The number of hydrogen-bond acceptors (Lipinski definition) is 7.